The molecule has 0 N–H and O–H groups in total. The third kappa shape index (κ3) is 4.20. The van der Waals surface area contributed by atoms with Crippen molar-refractivity contribution in [2.75, 3.05) is 19.7 Å². The summed E-state index contributed by atoms with van der Waals surface area (Å²) in [4.78, 5) is 15.2. The first kappa shape index (κ1) is 17.0. The Balaban J connectivity index is 1.24. The molecule has 3 heterocycles. The molecule has 0 aromatic carbocycles. The number of piperidine rings is 1. The molecule has 2 aromatic heterocycles. The van der Waals surface area contributed by atoms with Crippen LogP contribution in [-0.2, 0) is 0 Å². The summed E-state index contributed by atoms with van der Waals surface area (Å²) in [5, 5.41) is 10.4. The Bertz CT molecular complexity index is 737. The number of rotatable bonds is 5. The lowest BCUT2D eigenvalue weighted by Gasteiger charge is -2.31. The van der Waals surface area contributed by atoms with Gasteiger partial charge in [0.2, 0.25) is 5.88 Å². The highest BCUT2D eigenvalue weighted by Gasteiger charge is 2.26. The molecule has 1 saturated heterocycles. The minimum absolute atomic E-state index is 0.136. The zero-order valence-electron chi connectivity index (χ0n) is 13.9. The molecule has 2 aromatic rings. The molecule has 2 fully saturated rings. The number of nitrogens with zero attached hydrogens (tertiary/aromatic N) is 3. The van der Waals surface area contributed by atoms with Gasteiger partial charge in [-0.15, -0.1) is 16.4 Å². The number of likely N-dealkylation sites (tertiary alicyclic amines) is 1. The Morgan fingerprint density at radius 3 is 2.64 bits per heavy atom. The van der Waals surface area contributed by atoms with E-state index >= 15 is 0 Å². The largest absolute Gasteiger partial charge is 0.476 e. The van der Waals surface area contributed by atoms with Crippen LogP contribution in [0.1, 0.15) is 47.0 Å². The van der Waals surface area contributed by atoms with E-state index in [0.717, 1.165) is 41.0 Å². The molecule has 2 aliphatic rings. The number of hydrogen-bond donors (Lipinski definition) is 0. The van der Waals surface area contributed by atoms with E-state index in [0.29, 0.717) is 24.3 Å². The fourth-order valence-corrected chi connectivity index (χ4v) is 4.48. The SMILES string of the molecule is O=C(c1cc(Br)cs1)N1CCC(COc2ccc(C3CC3)nn2)CC1. The van der Waals surface area contributed by atoms with E-state index in [1.807, 2.05) is 28.5 Å². The maximum Gasteiger partial charge on any atom is 0.263 e. The third-order valence-electron chi connectivity index (χ3n) is 4.80. The zero-order chi connectivity index (χ0) is 17.2. The predicted molar refractivity (Wildman–Crippen MR) is 100 cm³/mol. The molecule has 0 bridgehead atoms. The molecule has 1 aliphatic carbocycles. The van der Waals surface area contributed by atoms with E-state index in [4.69, 9.17) is 4.74 Å². The summed E-state index contributed by atoms with van der Waals surface area (Å²) in [7, 11) is 0. The van der Waals surface area contributed by atoms with Gasteiger partial charge in [0.15, 0.2) is 0 Å². The maximum absolute atomic E-state index is 12.5. The summed E-state index contributed by atoms with van der Waals surface area (Å²) < 4.78 is 6.77. The molecule has 0 spiro atoms. The van der Waals surface area contributed by atoms with Crippen molar-refractivity contribution in [2.45, 2.75) is 31.6 Å². The monoisotopic (exact) mass is 421 g/mol. The van der Waals surface area contributed by atoms with Crippen molar-refractivity contribution in [3.8, 4) is 5.88 Å². The lowest BCUT2D eigenvalue weighted by atomic mass is 9.98. The van der Waals surface area contributed by atoms with Gasteiger partial charge >= 0.3 is 0 Å². The average Bonchev–Trinajstić information content (AvgIpc) is 3.41. The summed E-state index contributed by atoms with van der Waals surface area (Å²) in [6.07, 6.45) is 4.39. The van der Waals surface area contributed by atoms with Crippen LogP contribution >= 0.6 is 27.3 Å². The van der Waals surface area contributed by atoms with E-state index in [1.54, 1.807) is 0 Å². The fraction of sp³-hybridized carbons (Fsp3) is 0.500. The molecule has 1 amide bonds. The smallest absolute Gasteiger partial charge is 0.263 e. The number of hydrogen-bond acceptors (Lipinski definition) is 5. The van der Waals surface area contributed by atoms with Crippen molar-refractivity contribution in [3.63, 3.8) is 0 Å². The van der Waals surface area contributed by atoms with Gasteiger partial charge in [-0.25, -0.2) is 0 Å². The summed E-state index contributed by atoms with van der Waals surface area (Å²) >= 11 is 4.89. The van der Waals surface area contributed by atoms with Crippen LogP contribution in [0.25, 0.3) is 0 Å². The van der Waals surface area contributed by atoms with Crippen molar-refractivity contribution in [1.82, 2.24) is 15.1 Å². The lowest BCUT2D eigenvalue weighted by molar-refractivity contribution is 0.0663. The minimum atomic E-state index is 0.136. The third-order valence-corrected chi connectivity index (χ3v) is 6.48. The molecule has 4 rings (SSSR count). The van der Waals surface area contributed by atoms with Crippen molar-refractivity contribution in [3.05, 3.63) is 38.6 Å². The zero-order valence-corrected chi connectivity index (χ0v) is 16.3. The topological polar surface area (TPSA) is 55.3 Å². The van der Waals surface area contributed by atoms with Crippen molar-refractivity contribution >= 4 is 33.2 Å². The summed E-state index contributed by atoms with van der Waals surface area (Å²) in [6, 6.07) is 5.85. The number of carbonyl (C=O) groups is 1. The molecule has 7 heteroatoms. The van der Waals surface area contributed by atoms with Gasteiger partial charge in [0.25, 0.3) is 5.91 Å². The second-order valence-corrected chi connectivity index (χ2v) is 8.57. The summed E-state index contributed by atoms with van der Waals surface area (Å²) in [5.74, 6) is 1.82. The van der Waals surface area contributed by atoms with Gasteiger partial charge in [-0.2, -0.15) is 5.10 Å². The van der Waals surface area contributed by atoms with E-state index in [1.165, 1.54) is 24.2 Å². The van der Waals surface area contributed by atoms with Crippen molar-refractivity contribution in [1.29, 1.82) is 0 Å². The van der Waals surface area contributed by atoms with Gasteiger partial charge in [-0.3, -0.25) is 4.79 Å². The van der Waals surface area contributed by atoms with Gasteiger partial charge in [0.05, 0.1) is 17.2 Å². The lowest BCUT2D eigenvalue weighted by Crippen LogP contribution is -2.39. The highest BCUT2D eigenvalue weighted by Crippen LogP contribution is 2.38. The van der Waals surface area contributed by atoms with Crippen LogP contribution in [0.15, 0.2) is 28.1 Å². The minimum Gasteiger partial charge on any atom is -0.476 e. The molecule has 1 aliphatic heterocycles. The number of ether oxygens (including phenoxy) is 1. The van der Waals surface area contributed by atoms with Crippen LogP contribution in [0.4, 0.5) is 0 Å². The normalized spacial score (nSPS) is 18.4. The average molecular weight is 422 g/mol. The van der Waals surface area contributed by atoms with Crippen LogP contribution in [0.5, 0.6) is 5.88 Å². The molecule has 0 atom stereocenters. The van der Waals surface area contributed by atoms with Gasteiger partial charge in [0.1, 0.15) is 0 Å². The van der Waals surface area contributed by atoms with Crippen LogP contribution in [0.2, 0.25) is 0 Å². The van der Waals surface area contributed by atoms with E-state index in [2.05, 4.69) is 26.1 Å². The number of carbonyl (C=O) groups excluding carboxylic acids is 1. The number of amides is 1. The second kappa shape index (κ2) is 7.41. The number of aromatic nitrogens is 2. The van der Waals surface area contributed by atoms with Crippen LogP contribution in [-0.4, -0.2) is 40.7 Å². The molecule has 25 heavy (non-hydrogen) atoms. The quantitative estimate of drug-likeness (QED) is 0.728. The molecule has 0 unspecified atom stereocenters. The molecule has 132 valence electrons. The summed E-state index contributed by atoms with van der Waals surface area (Å²) in [6.45, 7) is 2.22. The second-order valence-electron chi connectivity index (χ2n) is 6.75. The van der Waals surface area contributed by atoms with E-state index in [9.17, 15) is 4.79 Å². The Kier molecular flexibility index (Phi) is 5.03. The van der Waals surface area contributed by atoms with Gasteiger partial charge in [0, 0.05) is 34.9 Å². The molecule has 1 saturated carbocycles. The summed E-state index contributed by atoms with van der Waals surface area (Å²) in [5.41, 5.74) is 1.08. The first-order chi connectivity index (χ1) is 12.2. The standard InChI is InChI=1S/C18H20BrN3O2S/c19-14-9-16(25-11-14)18(23)22-7-5-12(6-8-22)10-24-17-4-3-15(20-21-17)13-1-2-13/h3-4,9,11-13H,1-2,5-8,10H2. The first-order valence-electron chi connectivity index (χ1n) is 8.69. The van der Waals surface area contributed by atoms with Crippen molar-refractivity contribution in [2.24, 2.45) is 5.92 Å². The fourth-order valence-electron chi connectivity index (χ4n) is 3.09. The molecular formula is C18H20BrN3O2S. The molecule has 5 nitrogen and oxygen atoms in total. The predicted octanol–water partition coefficient (Wildman–Crippen LogP) is 4.11. The molecular weight excluding hydrogens is 402 g/mol. The van der Waals surface area contributed by atoms with Gasteiger partial charge < -0.3 is 9.64 Å². The maximum atomic E-state index is 12.5. The van der Waals surface area contributed by atoms with Crippen LogP contribution < -0.4 is 4.74 Å². The Labute approximate surface area is 159 Å². The van der Waals surface area contributed by atoms with E-state index in [-0.39, 0.29) is 5.91 Å². The van der Waals surface area contributed by atoms with E-state index < -0.39 is 0 Å². The Morgan fingerprint density at radius 1 is 1.24 bits per heavy atom. The van der Waals surface area contributed by atoms with Crippen LogP contribution in [0, 0.1) is 5.92 Å². The number of halogens is 1. The Morgan fingerprint density at radius 2 is 2.04 bits per heavy atom. The highest BCUT2D eigenvalue weighted by molar-refractivity contribution is 9.10. The van der Waals surface area contributed by atoms with Crippen molar-refractivity contribution < 1.29 is 9.53 Å². The highest BCUT2D eigenvalue weighted by atomic mass is 79.9. The van der Waals surface area contributed by atoms with Crippen LogP contribution in [0.3, 0.4) is 0 Å². The first-order valence-corrected chi connectivity index (χ1v) is 10.4. The molecule has 0 radical (unpaired) electrons. The van der Waals surface area contributed by atoms with Gasteiger partial charge in [-0.05, 0) is 59.7 Å². The number of thiophene rings is 1. The van der Waals surface area contributed by atoms with Gasteiger partial charge in [-0.1, -0.05) is 0 Å². The Hall–Kier alpha value is -1.47.